The van der Waals surface area contributed by atoms with E-state index in [1.165, 1.54) is 32.1 Å². The monoisotopic (exact) mass is 263 g/mol. The van der Waals surface area contributed by atoms with E-state index in [2.05, 4.69) is 6.92 Å². The Labute approximate surface area is 116 Å². The molecule has 0 spiro atoms. The van der Waals surface area contributed by atoms with Crippen molar-refractivity contribution in [2.24, 2.45) is 5.92 Å². The van der Waals surface area contributed by atoms with Gasteiger partial charge in [-0.15, -0.1) is 0 Å². The van der Waals surface area contributed by atoms with E-state index in [0.717, 1.165) is 22.9 Å². The number of benzene rings is 1. The average molecular weight is 263 g/mol. The van der Waals surface area contributed by atoms with Gasteiger partial charge in [-0.1, -0.05) is 26.2 Å². The van der Waals surface area contributed by atoms with Gasteiger partial charge < -0.3 is 15.2 Å². The molecule has 1 aromatic carbocycles. The zero-order chi connectivity index (χ0) is 13.7. The van der Waals surface area contributed by atoms with E-state index >= 15 is 0 Å². The summed E-state index contributed by atoms with van der Waals surface area (Å²) in [7, 11) is 1.66. The van der Waals surface area contributed by atoms with Gasteiger partial charge in [0.05, 0.1) is 19.8 Å². The van der Waals surface area contributed by atoms with E-state index in [0.29, 0.717) is 12.7 Å². The van der Waals surface area contributed by atoms with Gasteiger partial charge in [0.25, 0.3) is 0 Å². The summed E-state index contributed by atoms with van der Waals surface area (Å²) < 4.78 is 11.4. The lowest BCUT2D eigenvalue weighted by Gasteiger charge is -2.30. The molecule has 1 fully saturated rings. The Morgan fingerprint density at radius 3 is 2.74 bits per heavy atom. The first-order valence-corrected chi connectivity index (χ1v) is 7.28. The Morgan fingerprint density at radius 2 is 2.00 bits per heavy atom. The fraction of sp³-hybridized carbons (Fsp3) is 0.625. The van der Waals surface area contributed by atoms with Crippen molar-refractivity contribution in [2.75, 3.05) is 12.8 Å². The second-order valence-electron chi connectivity index (χ2n) is 5.42. The normalized spacial score (nSPS) is 23.3. The molecule has 2 N–H and O–H groups in total. The third-order valence-corrected chi connectivity index (χ3v) is 4.05. The number of rotatable bonds is 5. The zero-order valence-corrected chi connectivity index (χ0v) is 12.0. The van der Waals surface area contributed by atoms with Crippen LogP contribution < -0.4 is 10.5 Å². The smallest absolute Gasteiger partial charge is 0.121 e. The van der Waals surface area contributed by atoms with Crippen LogP contribution in [0.3, 0.4) is 0 Å². The van der Waals surface area contributed by atoms with Crippen molar-refractivity contribution in [1.82, 2.24) is 0 Å². The van der Waals surface area contributed by atoms with Gasteiger partial charge in [0, 0.05) is 11.8 Å². The summed E-state index contributed by atoms with van der Waals surface area (Å²) in [5.41, 5.74) is 7.69. The highest BCUT2D eigenvalue weighted by atomic mass is 16.5. The van der Waals surface area contributed by atoms with E-state index in [4.69, 9.17) is 15.2 Å². The molecule has 3 heteroatoms. The molecule has 19 heavy (non-hydrogen) atoms. The predicted molar refractivity (Wildman–Crippen MR) is 78.2 cm³/mol. The quantitative estimate of drug-likeness (QED) is 0.823. The SMILES string of the molecule is CCC1CCCCC1OCc1cc(N)cc(OC)c1. The minimum absolute atomic E-state index is 0.408. The maximum atomic E-state index is 6.12. The molecule has 0 amide bonds. The van der Waals surface area contributed by atoms with Crippen LogP contribution in [0.4, 0.5) is 5.69 Å². The van der Waals surface area contributed by atoms with Gasteiger partial charge >= 0.3 is 0 Å². The van der Waals surface area contributed by atoms with E-state index in [-0.39, 0.29) is 0 Å². The fourth-order valence-electron chi connectivity index (χ4n) is 2.95. The Bertz CT molecular complexity index is 406. The molecule has 2 unspecified atom stereocenters. The number of methoxy groups -OCH3 is 1. The maximum absolute atomic E-state index is 6.12. The molecule has 0 saturated heterocycles. The number of nitrogen functional groups attached to an aromatic ring is 1. The van der Waals surface area contributed by atoms with Crippen LogP contribution in [0.1, 0.15) is 44.6 Å². The largest absolute Gasteiger partial charge is 0.497 e. The molecule has 1 aromatic rings. The van der Waals surface area contributed by atoms with Crippen LogP contribution in [0.25, 0.3) is 0 Å². The average Bonchev–Trinajstić information content (AvgIpc) is 2.44. The lowest BCUT2D eigenvalue weighted by molar-refractivity contribution is -0.0222. The Morgan fingerprint density at radius 1 is 1.21 bits per heavy atom. The third-order valence-electron chi connectivity index (χ3n) is 4.05. The second-order valence-corrected chi connectivity index (χ2v) is 5.42. The molecule has 0 aromatic heterocycles. The highest BCUT2D eigenvalue weighted by molar-refractivity contribution is 5.47. The van der Waals surface area contributed by atoms with Crippen molar-refractivity contribution in [2.45, 2.75) is 51.7 Å². The summed E-state index contributed by atoms with van der Waals surface area (Å²) >= 11 is 0. The van der Waals surface area contributed by atoms with Crippen molar-refractivity contribution in [3.63, 3.8) is 0 Å². The van der Waals surface area contributed by atoms with Crippen LogP contribution >= 0.6 is 0 Å². The standard InChI is InChI=1S/C16H25NO2/c1-3-13-6-4-5-7-16(13)19-11-12-8-14(17)10-15(9-12)18-2/h8-10,13,16H,3-7,11,17H2,1-2H3. The first kappa shape index (κ1) is 14.2. The lowest BCUT2D eigenvalue weighted by Crippen LogP contribution is -2.27. The van der Waals surface area contributed by atoms with Crippen LogP contribution in [0.5, 0.6) is 5.75 Å². The first-order valence-electron chi connectivity index (χ1n) is 7.28. The molecule has 0 aliphatic heterocycles. The molecule has 0 radical (unpaired) electrons. The van der Waals surface area contributed by atoms with Crippen molar-refractivity contribution in [3.8, 4) is 5.75 Å². The van der Waals surface area contributed by atoms with Crippen molar-refractivity contribution < 1.29 is 9.47 Å². The van der Waals surface area contributed by atoms with Gasteiger partial charge in [-0.3, -0.25) is 0 Å². The topological polar surface area (TPSA) is 44.5 Å². The predicted octanol–water partition coefficient (Wildman–Crippen LogP) is 3.76. The highest BCUT2D eigenvalue weighted by Crippen LogP contribution is 2.30. The molecule has 3 nitrogen and oxygen atoms in total. The Kier molecular flexibility index (Phi) is 5.08. The molecule has 0 heterocycles. The molecule has 1 aliphatic rings. The first-order chi connectivity index (χ1) is 9.22. The van der Waals surface area contributed by atoms with Gasteiger partial charge in [-0.25, -0.2) is 0 Å². The van der Waals surface area contributed by atoms with Crippen molar-refractivity contribution >= 4 is 5.69 Å². The minimum Gasteiger partial charge on any atom is -0.497 e. The second kappa shape index (κ2) is 6.80. The van der Waals surface area contributed by atoms with Gasteiger partial charge in [0.15, 0.2) is 0 Å². The third kappa shape index (κ3) is 3.87. The van der Waals surface area contributed by atoms with Gasteiger partial charge in [-0.2, -0.15) is 0 Å². The fourth-order valence-corrected chi connectivity index (χ4v) is 2.95. The van der Waals surface area contributed by atoms with Crippen molar-refractivity contribution in [3.05, 3.63) is 23.8 Å². The summed E-state index contributed by atoms with van der Waals surface area (Å²) in [6, 6.07) is 5.80. The Hall–Kier alpha value is -1.22. The number of ether oxygens (including phenoxy) is 2. The molecular formula is C16H25NO2. The summed E-state index contributed by atoms with van der Waals surface area (Å²) in [6.07, 6.45) is 6.77. The summed E-state index contributed by atoms with van der Waals surface area (Å²) in [4.78, 5) is 0. The minimum atomic E-state index is 0.408. The van der Waals surface area contributed by atoms with Gasteiger partial charge in [-0.05, 0) is 36.5 Å². The van der Waals surface area contributed by atoms with E-state index in [9.17, 15) is 0 Å². The molecule has 2 atom stereocenters. The van der Waals surface area contributed by atoms with E-state index < -0.39 is 0 Å². The maximum Gasteiger partial charge on any atom is 0.121 e. The van der Waals surface area contributed by atoms with Gasteiger partial charge in [0.1, 0.15) is 5.75 Å². The molecule has 1 saturated carbocycles. The zero-order valence-electron chi connectivity index (χ0n) is 12.0. The molecular weight excluding hydrogens is 238 g/mol. The summed E-state index contributed by atoms with van der Waals surface area (Å²) in [5, 5.41) is 0. The summed E-state index contributed by atoms with van der Waals surface area (Å²) in [6.45, 7) is 2.89. The van der Waals surface area contributed by atoms with Crippen LogP contribution in [0, 0.1) is 5.92 Å². The highest BCUT2D eigenvalue weighted by Gasteiger charge is 2.24. The molecule has 2 rings (SSSR count). The molecule has 1 aliphatic carbocycles. The number of nitrogens with two attached hydrogens (primary N) is 1. The number of hydrogen-bond donors (Lipinski definition) is 1. The summed E-state index contributed by atoms with van der Waals surface area (Å²) in [5.74, 6) is 1.52. The Balaban J connectivity index is 1.95. The number of hydrogen-bond acceptors (Lipinski definition) is 3. The van der Waals surface area contributed by atoms with Crippen LogP contribution in [0.15, 0.2) is 18.2 Å². The number of anilines is 1. The van der Waals surface area contributed by atoms with E-state index in [1.54, 1.807) is 7.11 Å². The lowest BCUT2D eigenvalue weighted by atomic mass is 9.85. The van der Waals surface area contributed by atoms with Crippen molar-refractivity contribution in [1.29, 1.82) is 0 Å². The van der Waals surface area contributed by atoms with Crippen LogP contribution in [-0.2, 0) is 11.3 Å². The van der Waals surface area contributed by atoms with Crippen LogP contribution in [0.2, 0.25) is 0 Å². The van der Waals surface area contributed by atoms with E-state index in [1.807, 2.05) is 18.2 Å². The van der Waals surface area contributed by atoms with Crippen LogP contribution in [-0.4, -0.2) is 13.2 Å². The molecule has 106 valence electrons. The van der Waals surface area contributed by atoms with Gasteiger partial charge in [0.2, 0.25) is 0 Å². The molecule has 0 bridgehead atoms.